The Hall–Kier alpha value is -0.840. The van der Waals surface area contributed by atoms with Crippen molar-refractivity contribution in [3.05, 3.63) is 12.3 Å². The molecule has 2 atom stereocenters. The third kappa shape index (κ3) is 4.35. The third-order valence-corrected chi connectivity index (χ3v) is 2.49. The molecule has 0 fully saturated rings. The van der Waals surface area contributed by atoms with E-state index in [0.29, 0.717) is 10.9 Å². The van der Waals surface area contributed by atoms with Crippen LogP contribution in [0.3, 0.4) is 0 Å². The van der Waals surface area contributed by atoms with Crippen LogP contribution in [0, 0.1) is 0 Å². The molecule has 0 aromatic carbocycles. The Morgan fingerprint density at radius 3 is 2.69 bits per heavy atom. The number of nitrogens with one attached hydrogen (secondary N) is 1. The zero-order chi connectivity index (χ0) is 12.1. The molecule has 4 nitrogen and oxygen atoms in total. The van der Waals surface area contributed by atoms with Gasteiger partial charge in [-0.3, -0.25) is 0 Å². The Labute approximate surface area is 106 Å². The van der Waals surface area contributed by atoms with E-state index in [9.17, 15) is 0 Å². The summed E-state index contributed by atoms with van der Waals surface area (Å²) in [6.07, 6.45) is 2.83. The highest BCUT2D eigenvalue weighted by Crippen LogP contribution is 2.13. The molecule has 0 radical (unpaired) electrons. The van der Waals surface area contributed by atoms with Crippen LogP contribution in [0.1, 0.15) is 20.3 Å². The summed E-state index contributed by atoms with van der Waals surface area (Å²) in [5, 5.41) is 3.36. The van der Waals surface area contributed by atoms with E-state index in [1.54, 1.807) is 6.20 Å². The van der Waals surface area contributed by atoms with Crippen LogP contribution in [-0.4, -0.2) is 34.9 Å². The van der Waals surface area contributed by atoms with Gasteiger partial charge in [-0.05, 0) is 19.4 Å². The van der Waals surface area contributed by atoms with Gasteiger partial charge in [0.2, 0.25) is 5.95 Å². The van der Waals surface area contributed by atoms with Crippen LogP contribution in [-0.2, 0) is 0 Å². The molecule has 0 bridgehead atoms. The summed E-state index contributed by atoms with van der Waals surface area (Å²) in [6.45, 7) is 4.29. The number of halogens is 1. The van der Waals surface area contributed by atoms with Crippen molar-refractivity contribution >= 4 is 27.7 Å². The summed E-state index contributed by atoms with van der Waals surface area (Å²) in [4.78, 5) is 11.0. The summed E-state index contributed by atoms with van der Waals surface area (Å²) in [5.41, 5.74) is 0. The Morgan fingerprint density at radius 1 is 1.44 bits per heavy atom. The van der Waals surface area contributed by atoms with Crippen molar-refractivity contribution in [1.82, 2.24) is 9.97 Å². The van der Waals surface area contributed by atoms with Crippen molar-refractivity contribution in [2.24, 2.45) is 0 Å². The molecule has 5 heteroatoms. The molecule has 0 spiro atoms. The number of alkyl halides is 1. The van der Waals surface area contributed by atoms with E-state index in [1.165, 1.54) is 0 Å². The number of nitrogens with zero attached hydrogens (tertiary/aromatic N) is 3. The molecule has 0 saturated heterocycles. The Morgan fingerprint density at radius 2 is 2.12 bits per heavy atom. The minimum absolute atomic E-state index is 0.388. The molecule has 0 aliphatic rings. The fourth-order valence-electron chi connectivity index (χ4n) is 1.44. The lowest BCUT2D eigenvalue weighted by molar-refractivity contribution is 0.704. The quantitative estimate of drug-likeness (QED) is 0.845. The number of aromatic nitrogens is 2. The molecule has 0 aliphatic heterocycles. The van der Waals surface area contributed by atoms with Gasteiger partial charge in [0, 0.05) is 31.2 Å². The highest BCUT2D eigenvalue weighted by molar-refractivity contribution is 9.09. The van der Waals surface area contributed by atoms with Crippen LogP contribution in [0.15, 0.2) is 12.3 Å². The second-order valence-electron chi connectivity index (χ2n) is 4.20. The van der Waals surface area contributed by atoms with Gasteiger partial charge >= 0.3 is 0 Å². The van der Waals surface area contributed by atoms with Crippen molar-refractivity contribution in [3.8, 4) is 0 Å². The van der Waals surface area contributed by atoms with Crippen molar-refractivity contribution in [2.45, 2.75) is 31.1 Å². The smallest absolute Gasteiger partial charge is 0.226 e. The van der Waals surface area contributed by atoms with Crippen LogP contribution in [0.25, 0.3) is 0 Å². The SMILES string of the molecule is CC(Br)CC(C)Nc1ccnc(N(C)C)n1. The molecule has 90 valence electrons. The van der Waals surface area contributed by atoms with Gasteiger partial charge < -0.3 is 10.2 Å². The fourth-order valence-corrected chi connectivity index (χ4v) is 2.00. The van der Waals surface area contributed by atoms with Crippen molar-refractivity contribution in [1.29, 1.82) is 0 Å². The molecule has 16 heavy (non-hydrogen) atoms. The first kappa shape index (κ1) is 13.2. The Bertz CT molecular complexity index is 328. The molecule has 1 aromatic heterocycles. The Balaban J connectivity index is 2.63. The third-order valence-electron chi connectivity index (χ3n) is 2.12. The Kier molecular flexibility index (Phi) is 4.99. The molecule has 1 rings (SSSR count). The van der Waals surface area contributed by atoms with Gasteiger partial charge in [-0.2, -0.15) is 4.98 Å². The van der Waals surface area contributed by atoms with Gasteiger partial charge in [0.15, 0.2) is 0 Å². The number of hydrogen-bond acceptors (Lipinski definition) is 4. The van der Waals surface area contributed by atoms with Gasteiger partial charge in [0.05, 0.1) is 0 Å². The zero-order valence-electron chi connectivity index (χ0n) is 10.2. The molecule has 0 saturated carbocycles. The van der Waals surface area contributed by atoms with Crippen LogP contribution in [0.4, 0.5) is 11.8 Å². The standard InChI is InChI=1S/C11H19BrN4/c1-8(12)7-9(2)14-10-5-6-13-11(15-10)16(3)4/h5-6,8-9H,7H2,1-4H3,(H,13,14,15). The summed E-state index contributed by atoms with van der Waals surface area (Å²) < 4.78 is 0. The lowest BCUT2D eigenvalue weighted by atomic mass is 10.2. The number of hydrogen-bond donors (Lipinski definition) is 1. The van der Waals surface area contributed by atoms with Crippen molar-refractivity contribution < 1.29 is 0 Å². The maximum absolute atomic E-state index is 4.41. The monoisotopic (exact) mass is 286 g/mol. The summed E-state index contributed by atoms with van der Waals surface area (Å²) >= 11 is 3.55. The van der Waals surface area contributed by atoms with Crippen molar-refractivity contribution in [2.75, 3.05) is 24.3 Å². The summed E-state index contributed by atoms with van der Waals surface area (Å²) in [7, 11) is 3.87. The van der Waals surface area contributed by atoms with E-state index < -0.39 is 0 Å². The summed E-state index contributed by atoms with van der Waals surface area (Å²) in [5.74, 6) is 1.60. The fraction of sp³-hybridized carbons (Fsp3) is 0.636. The molecule has 1 aromatic rings. The first-order chi connectivity index (χ1) is 7.49. The van der Waals surface area contributed by atoms with E-state index in [-0.39, 0.29) is 0 Å². The maximum Gasteiger partial charge on any atom is 0.226 e. The molecular formula is C11H19BrN4. The first-order valence-corrected chi connectivity index (χ1v) is 6.31. The van der Waals surface area contributed by atoms with Crippen LogP contribution >= 0.6 is 15.9 Å². The lowest BCUT2D eigenvalue weighted by Crippen LogP contribution is -2.20. The topological polar surface area (TPSA) is 41.1 Å². The van der Waals surface area contributed by atoms with Gasteiger partial charge in [0.1, 0.15) is 5.82 Å². The van der Waals surface area contributed by atoms with Crippen LogP contribution < -0.4 is 10.2 Å². The second kappa shape index (κ2) is 6.03. The van der Waals surface area contributed by atoms with E-state index in [2.05, 4.69) is 45.1 Å². The minimum Gasteiger partial charge on any atom is -0.367 e. The normalized spacial score (nSPS) is 14.3. The lowest BCUT2D eigenvalue weighted by Gasteiger charge is -2.17. The second-order valence-corrected chi connectivity index (χ2v) is 5.76. The van der Waals surface area contributed by atoms with E-state index >= 15 is 0 Å². The average molecular weight is 287 g/mol. The van der Waals surface area contributed by atoms with E-state index in [4.69, 9.17) is 0 Å². The minimum atomic E-state index is 0.388. The van der Waals surface area contributed by atoms with Gasteiger partial charge in [-0.1, -0.05) is 22.9 Å². The number of anilines is 2. The largest absolute Gasteiger partial charge is 0.367 e. The predicted molar refractivity (Wildman–Crippen MR) is 72.4 cm³/mol. The van der Waals surface area contributed by atoms with E-state index in [0.717, 1.165) is 18.2 Å². The molecule has 2 unspecified atom stereocenters. The molecule has 1 heterocycles. The van der Waals surface area contributed by atoms with Gasteiger partial charge in [-0.25, -0.2) is 4.98 Å². The molecule has 0 aliphatic carbocycles. The predicted octanol–water partition coefficient (Wildman–Crippen LogP) is 2.52. The first-order valence-electron chi connectivity index (χ1n) is 5.40. The summed E-state index contributed by atoms with van der Waals surface area (Å²) in [6, 6.07) is 2.28. The van der Waals surface area contributed by atoms with Gasteiger partial charge in [0.25, 0.3) is 0 Å². The van der Waals surface area contributed by atoms with E-state index in [1.807, 2.05) is 25.1 Å². The molecular weight excluding hydrogens is 268 g/mol. The molecule has 1 N–H and O–H groups in total. The maximum atomic E-state index is 4.41. The average Bonchev–Trinajstić information content (AvgIpc) is 2.16. The highest BCUT2D eigenvalue weighted by Gasteiger charge is 2.07. The number of rotatable bonds is 5. The molecule has 0 amide bonds. The highest BCUT2D eigenvalue weighted by atomic mass is 79.9. The van der Waals surface area contributed by atoms with Crippen LogP contribution in [0.2, 0.25) is 0 Å². The van der Waals surface area contributed by atoms with Gasteiger partial charge in [-0.15, -0.1) is 0 Å². The zero-order valence-corrected chi connectivity index (χ0v) is 11.8. The van der Waals surface area contributed by atoms with Crippen LogP contribution in [0.5, 0.6) is 0 Å². The van der Waals surface area contributed by atoms with Crippen molar-refractivity contribution in [3.63, 3.8) is 0 Å².